The summed E-state index contributed by atoms with van der Waals surface area (Å²) in [5, 5.41) is 3.42. The van der Waals surface area contributed by atoms with Crippen LogP contribution in [-0.4, -0.2) is 31.6 Å². The van der Waals surface area contributed by atoms with E-state index >= 15 is 0 Å². The predicted octanol–water partition coefficient (Wildman–Crippen LogP) is 3.47. The fourth-order valence-electron chi connectivity index (χ4n) is 2.01. The first kappa shape index (κ1) is 15.0. The molecular formula is C13H23ClN2S. The Hall–Kier alpha value is -0.0900. The highest BCUT2D eigenvalue weighted by Crippen LogP contribution is 2.23. The quantitative estimate of drug-likeness (QED) is 0.819. The van der Waals surface area contributed by atoms with Crippen LogP contribution in [0.4, 0.5) is 0 Å². The van der Waals surface area contributed by atoms with E-state index in [1.54, 1.807) is 11.3 Å². The first-order valence-corrected chi connectivity index (χ1v) is 7.26. The number of nitrogens with one attached hydrogen (secondary N) is 1. The predicted molar refractivity (Wildman–Crippen MR) is 78.0 cm³/mol. The summed E-state index contributed by atoms with van der Waals surface area (Å²) >= 11 is 7.60. The zero-order valence-corrected chi connectivity index (χ0v) is 12.8. The molecule has 2 nitrogen and oxygen atoms in total. The monoisotopic (exact) mass is 274 g/mol. The van der Waals surface area contributed by atoms with Crippen molar-refractivity contribution in [3.63, 3.8) is 0 Å². The fourth-order valence-corrected chi connectivity index (χ4v) is 3.18. The van der Waals surface area contributed by atoms with Crippen molar-refractivity contribution in [3.05, 3.63) is 21.3 Å². The van der Waals surface area contributed by atoms with E-state index in [9.17, 15) is 0 Å². The van der Waals surface area contributed by atoms with E-state index in [2.05, 4.69) is 44.1 Å². The number of hydrogen-bond acceptors (Lipinski definition) is 3. The van der Waals surface area contributed by atoms with Crippen LogP contribution in [0.5, 0.6) is 0 Å². The molecule has 0 atom stereocenters. The molecule has 0 amide bonds. The molecule has 1 aromatic rings. The molecule has 0 spiro atoms. The molecule has 0 saturated carbocycles. The van der Waals surface area contributed by atoms with Gasteiger partial charge in [0.25, 0.3) is 0 Å². The third-order valence-corrected chi connectivity index (χ3v) is 3.82. The van der Waals surface area contributed by atoms with Crippen LogP contribution in [0.3, 0.4) is 0 Å². The molecule has 17 heavy (non-hydrogen) atoms. The van der Waals surface area contributed by atoms with Crippen LogP contribution in [-0.2, 0) is 6.54 Å². The minimum absolute atomic E-state index is 0.297. The van der Waals surface area contributed by atoms with Crippen molar-refractivity contribution in [2.45, 2.75) is 27.3 Å². The zero-order chi connectivity index (χ0) is 12.9. The SMILES string of the molecule is CCNCC(C)(C)CN(C)Cc1ccc(Cl)s1. The van der Waals surface area contributed by atoms with Crippen LogP contribution >= 0.6 is 22.9 Å². The van der Waals surface area contributed by atoms with Gasteiger partial charge in [-0.15, -0.1) is 11.3 Å². The third kappa shape index (κ3) is 5.87. The lowest BCUT2D eigenvalue weighted by Gasteiger charge is -2.30. The summed E-state index contributed by atoms with van der Waals surface area (Å²) in [6, 6.07) is 4.08. The lowest BCUT2D eigenvalue weighted by atomic mass is 9.93. The Labute approximate surface area is 114 Å². The second kappa shape index (κ2) is 6.74. The largest absolute Gasteiger partial charge is 0.316 e. The van der Waals surface area contributed by atoms with E-state index < -0.39 is 0 Å². The second-order valence-electron chi connectivity index (χ2n) is 5.32. The van der Waals surface area contributed by atoms with E-state index in [0.717, 1.165) is 30.5 Å². The van der Waals surface area contributed by atoms with Crippen molar-refractivity contribution < 1.29 is 0 Å². The average Bonchev–Trinajstić information content (AvgIpc) is 2.60. The molecule has 4 heteroatoms. The molecule has 0 aliphatic carbocycles. The normalized spacial score (nSPS) is 12.4. The van der Waals surface area contributed by atoms with Gasteiger partial charge in [-0.3, -0.25) is 0 Å². The van der Waals surface area contributed by atoms with Gasteiger partial charge in [0.05, 0.1) is 4.34 Å². The Balaban J connectivity index is 2.40. The highest BCUT2D eigenvalue weighted by molar-refractivity contribution is 7.16. The fraction of sp³-hybridized carbons (Fsp3) is 0.692. The van der Waals surface area contributed by atoms with Crippen LogP contribution in [0.15, 0.2) is 12.1 Å². The Morgan fingerprint density at radius 3 is 2.65 bits per heavy atom. The average molecular weight is 275 g/mol. The first-order chi connectivity index (χ1) is 7.93. The molecule has 0 bridgehead atoms. The Morgan fingerprint density at radius 1 is 1.41 bits per heavy atom. The lowest BCUT2D eigenvalue weighted by molar-refractivity contribution is 0.200. The molecule has 0 aliphatic rings. The molecule has 1 N–H and O–H groups in total. The van der Waals surface area contributed by atoms with Crippen LogP contribution in [0, 0.1) is 5.41 Å². The standard InChI is InChI=1S/C13H23ClN2S/c1-5-15-9-13(2,3)10-16(4)8-11-6-7-12(14)17-11/h6-7,15H,5,8-10H2,1-4H3. The Morgan fingerprint density at radius 2 is 2.12 bits per heavy atom. The van der Waals surface area contributed by atoms with Crippen LogP contribution in [0.25, 0.3) is 0 Å². The number of rotatable bonds is 7. The van der Waals surface area contributed by atoms with Crippen molar-refractivity contribution in [2.75, 3.05) is 26.7 Å². The van der Waals surface area contributed by atoms with E-state index in [1.165, 1.54) is 4.88 Å². The maximum Gasteiger partial charge on any atom is 0.0931 e. The lowest BCUT2D eigenvalue weighted by Crippen LogP contribution is -2.38. The van der Waals surface area contributed by atoms with Crippen molar-refractivity contribution in [2.24, 2.45) is 5.41 Å². The summed E-state index contributed by atoms with van der Waals surface area (Å²) in [5.41, 5.74) is 0.297. The van der Waals surface area contributed by atoms with Gasteiger partial charge < -0.3 is 10.2 Å². The molecule has 98 valence electrons. The molecule has 0 aromatic carbocycles. The van der Waals surface area contributed by atoms with E-state index in [4.69, 9.17) is 11.6 Å². The molecule has 1 rings (SSSR count). The third-order valence-electron chi connectivity index (χ3n) is 2.61. The van der Waals surface area contributed by atoms with Gasteiger partial charge in [-0.05, 0) is 31.1 Å². The maximum absolute atomic E-state index is 5.94. The Bertz CT molecular complexity index is 336. The van der Waals surface area contributed by atoms with Gasteiger partial charge in [-0.25, -0.2) is 0 Å². The topological polar surface area (TPSA) is 15.3 Å². The first-order valence-electron chi connectivity index (χ1n) is 6.06. The summed E-state index contributed by atoms with van der Waals surface area (Å²) in [6.45, 7) is 10.9. The summed E-state index contributed by atoms with van der Waals surface area (Å²) in [4.78, 5) is 3.69. The van der Waals surface area contributed by atoms with Gasteiger partial charge in [-0.1, -0.05) is 32.4 Å². The van der Waals surface area contributed by atoms with E-state index in [1.807, 2.05) is 6.07 Å². The number of hydrogen-bond donors (Lipinski definition) is 1. The highest BCUT2D eigenvalue weighted by atomic mass is 35.5. The molecule has 0 radical (unpaired) electrons. The van der Waals surface area contributed by atoms with Gasteiger partial charge in [0.1, 0.15) is 0 Å². The molecule has 1 aromatic heterocycles. The number of thiophene rings is 1. The van der Waals surface area contributed by atoms with Gasteiger partial charge in [0, 0.05) is 24.5 Å². The highest BCUT2D eigenvalue weighted by Gasteiger charge is 2.19. The van der Waals surface area contributed by atoms with E-state index in [-0.39, 0.29) is 0 Å². The minimum atomic E-state index is 0.297. The zero-order valence-electron chi connectivity index (χ0n) is 11.2. The molecule has 0 saturated heterocycles. The van der Waals surface area contributed by atoms with Gasteiger partial charge in [0.2, 0.25) is 0 Å². The van der Waals surface area contributed by atoms with Gasteiger partial charge in [-0.2, -0.15) is 0 Å². The second-order valence-corrected chi connectivity index (χ2v) is 7.12. The van der Waals surface area contributed by atoms with Gasteiger partial charge in [0.15, 0.2) is 0 Å². The Kier molecular flexibility index (Phi) is 5.93. The van der Waals surface area contributed by atoms with Crippen LogP contribution < -0.4 is 5.32 Å². The summed E-state index contributed by atoms with van der Waals surface area (Å²) < 4.78 is 0.875. The molecule has 0 unspecified atom stereocenters. The molecular weight excluding hydrogens is 252 g/mol. The van der Waals surface area contributed by atoms with Crippen LogP contribution in [0.2, 0.25) is 4.34 Å². The number of nitrogens with zero attached hydrogens (tertiary/aromatic N) is 1. The molecule has 0 aliphatic heterocycles. The van der Waals surface area contributed by atoms with Crippen molar-refractivity contribution in [3.8, 4) is 0 Å². The summed E-state index contributed by atoms with van der Waals surface area (Å²) in [5.74, 6) is 0. The van der Waals surface area contributed by atoms with Crippen molar-refractivity contribution in [1.82, 2.24) is 10.2 Å². The van der Waals surface area contributed by atoms with Crippen molar-refractivity contribution >= 4 is 22.9 Å². The van der Waals surface area contributed by atoms with Gasteiger partial charge >= 0.3 is 0 Å². The minimum Gasteiger partial charge on any atom is -0.316 e. The van der Waals surface area contributed by atoms with E-state index in [0.29, 0.717) is 5.41 Å². The maximum atomic E-state index is 5.94. The molecule has 0 fully saturated rings. The summed E-state index contributed by atoms with van der Waals surface area (Å²) in [7, 11) is 2.17. The van der Waals surface area contributed by atoms with Crippen LogP contribution in [0.1, 0.15) is 25.6 Å². The molecule has 1 heterocycles. The summed E-state index contributed by atoms with van der Waals surface area (Å²) in [6.07, 6.45) is 0. The van der Waals surface area contributed by atoms with Crippen molar-refractivity contribution in [1.29, 1.82) is 0 Å². The smallest absolute Gasteiger partial charge is 0.0931 e. The number of halogens is 1.